The predicted molar refractivity (Wildman–Crippen MR) is 90.6 cm³/mol. The molecular weight excluding hydrogens is 360 g/mol. The second-order valence-corrected chi connectivity index (χ2v) is 6.98. The Bertz CT molecular complexity index is 780. The second-order valence-electron chi connectivity index (χ2n) is 6.13. The smallest absolute Gasteiger partial charge is 0.274 e. The molecule has 1 fully saturated rings. The van der Waals surface area contributed by atoms with E-state index in [1.807, 2.05) is 26.0 Å². The summed E-state index contributed by atoms with van der Waals surface area (Å²) in [6.07, 6.45) is 2.54. The molecule has 122 valence electrons. The summed E-state index contributed by atoms with van der Waals surface area (Å²) in [5.41, 5.74) is 1.33. The molecule has 23 heavy (non-hydrogen) atoms. The van der Waals surface area contributed by atoms with Gasteiger partial charge in [-0.15, -0.1) is 0 Å². The van der Waals surface area contributed by atoms with Crippen LogP contribution < -0.4 is 5.56 Å². The lowest BCUT2D eigenvalue weighted by Crippen LogP contribution is -2.31. The zero-order chi connectivity index (χ0) is 16.6. The number of nitrogens with one attached hydrogen (secondary N) is 1. The molecule has 1 unspecified atom stereocenters. The van der Waals surface area contributed by atoms with E-state index in [0.29, 0.717) is 29.2 Å². The third-order valence-corrected chi connectivity index (χ3v) is 4.81. The fraction of sp³-hybridized carbons (Fsp3) is 0.438. The van der Waals surface area contributed by atoms with E-state index < -0.39 is 0 Å². The molecule has 3 heterocycles. The molecule has 1 N–H and O–H groups in total. The first-order valence-electron chi connectivity index (χ1n) is 7.68. The molecule has 0 aliphatic carbocycles. The minimum atomic E-state index is -0.0845. The van der Waals surface area contributed by atoms with Gasteiger partial charge in [-0.05, 0) is 46.5 Å². The van der Waals surface area contributed by atoms with Crippen molar-refractivity contribution >= 4 is 21.8 Å². The number of carbonyl (C=O) groups is 1. The summed E-state index contributed by atoms with van der Waals surface area (Å²) >= 11 is 3.26. The largest absolute Gasteiger partial charge is 0.335 e. The molecule has 1 aliphatic heterocycles. The highest BCUT2D eigenvalue weighted by atomic mass is 79.9. The van der Waals surface area contributed by atoms with Crippen LogP contribution >= 0.6 is 15.9 Å². The molecule has 2 aromatic heterocycles. The quantitative estimate of drug-likeness (QED) is 0.891. The first kappa shape index (κ1) is 16.0. The molecule has 2 aromatic rings. The van der Waals surface area contributed by atoms with Gasteiger partial charge < -0.3 is 9.47 Å². The standard InChI is InChI=1S/C16H19BrN4O2/c1-10(2)13-8-14(19-18-13)16(23)20-7-5-11(9-20)21-6-3-4-12(17)15(21)22/h3-4,6,8,10-11H,5,7,9H2,1-2H3,(H,18,19). The average Bonchev–Trinajstić information content (AvgIpc) is 3.18. The molecule has 1 saturated heterocycles. The van der Waals surface area contributed by atoms with Gasteiger partial charge in [0.25, 0.3) is 11.5 Å². The Morgan fingerprint density at radius 3 is 2.96 bits per heavy atom. The molecule has 0 aromatic carbocycles. The Balaban J connectivity index is 1.75. The zero-order valence-corrected chi connectivity index (χ0v) is 14.7. The highest BCUT2D eigenvalue weighted by molar-refractivity contribution is 9.10. The summed E-state index contributed by atoms with van der Waals surface area (Å²) in [7, 11) is 0. The van der Waals surface area contributed by atoms with Crippen molar-refractivity contribution in [2.24, 2.45) is 0 Å². The lowest BCUT2D eigenvalue weighted by molar-refractivity contribution is 0.0781. The van der Waals surface area contributed by atoms with Crippen LogP contribution in [0.5, 0.6) is 0 Å². The van der Waals surface area contributed by atoms with Crippen LogP contribution in [0.3, 0.4) is 0 Å². The molecular formula is C16H19BrN4O2. The first-order chi connectivity index (χ1) is 11.0. The second kappa shape index (κ2) is 6.31. The van der Waals surface area contributed by atoms with Crippen LogP contribution in [0.4, 0.5) is 0 Å². The monoisotopic (exact) mass is 378 g/mol. The Kier molecular flexibility index (Phi) is 4.39. The molecule has 1 atom stereocenters. The first-order valence-corrected chi connectivity index (χ1v) is 8.48. The molecule has 0 bridgehead atoms. The molecule has 0 spiro atoms. The summed E-state index contributed by atoms with van der Waals surface area (Å²) < 4.78 is 2.24. The van der Waals surface area contributed by atoms with Crippen molar-refractivity contribution in [1.82, 2.24) is 19.7 Å². The highest BCUT2D eigenvalue weighted by Gasteiger charge is 2.29. The van der Waals surface area contributed by atoms with Crippen molar-refractivity contribution in [3.63, 3.8) is 0 Å². The Morgan fingerprint density at radius 2 is 2.26 bits per heavy atom. The molecule has 1 aliphatic rings. The van der Waals surface area contributed by atoms with E-state index in [1.54, 1.807) is 21.7 Å². The number of pyridine rings is 1. The van der Waals surface area contributed by atoms with Gasteiger partial charge >= 0.3 is 0 Å². The molecule has 0 radical (unpaired) electrons. The van der Waals surface area contributed by atoms with Crippen LogP contribution in [-0.2, 0) is 0 Å². The van der Waals surface area contributed by atoms with E-state index in [2.05, 4.69) is 26.1 Å². The predicted octanol–water partition coefficient (Wildman–Crippen LogP) is 2.54. The van der Waals surface area contributed by atoms with Crippen molar-refractivity contribution in [2.45, 2.75) is 32.2 Å². The van der Waals surface area contributed by atoms with Gasteiger partial charge in [-0.3, -0.25) is 14.7 Å². The van der Waals surface area contributed by atoms with E-state index in [1.165, 1.54) is 0 Å². The number of halogens is 1. The fourth-order valence-corrected chi connectivity index (χ4v) is 3.18. The Labute approximate surface area is 142 Å². The number of aromatic nitrogens is 3. The van der Waals surface area contributed by atoms with Crippen molar-refractivity contribution < 1.29 is 4.79 Å². The summed E-state index contributed by atoms with van der Waals surface area (Å²) in [5, 5.41) is 7.03. The van der Waals surface area contributed by atoms with E-state index in [-0.39, 0.29) is 17.5 Å². The van der Waals surface area contributed by atoms with Crippen molar-refractivity contribution in [3.8, 4) is 0 Å². The third-order valence-electron chi connectivity index (χ3n) is 4.21. The van der Waals surface area contributed by atoms with Gasteiger partial charge in [0.2, 0.25) is 0 Å². The normalized spacial score (nSPS) is 17.9. The molecule has 3 rings (SSSR count). The van der Waals surface area contributed by atoms with Gasteiger partial charge in [0.05, 0.1) is 10.5 Å². The van der Waals surface area contributed by atoms with Gasteiger partial charge in [0, 0.05) is 25.0 Å². The lowest BCUT2D eigenvalue weighted by Gasteiger charge is -2.16. The fourth-order valence-electron chi connectivity index (χ4n) is 2.83. The maximum atomic E-state index is 12.6. The van der Waals surface area contributed by atoms with Crippen molar-refractivity contribution in [2.75, 3.05) is 13.1 Å². The number of amides is 1. The van der Waals surface area contributed by atoms with Crippen molar-refractivity contribution in [1.29, 1.82) is 0 Å². The lowest BCUT2D eigenvalue weighted by atomic mass is 10.1. The number of likely N-dealkylation sites (tertiary alicyclic amines) is 1. The molecule has 0 saturated carbocycles. The number of hydrogen-bond acceptors (Lipinski definition) is 3. The van der Waals surface area contributed by atoms with Crippen LogP contribution in [0.25, 0.3) is 0 Å². The number of nitrogens with zero attached hydrogens (tertiary/aromatic N) is 3. The van der Waals surface area contributed by atoms with Gasteiger partial charge in [0.15, 0.2) is 0 Å². The highest BCUT2D eigenvalue weighted by Crippen LogP contribution is 2.23. The summed E-state index contributed by atoms with van der Waals surface area (Å²) in [6.45, 7) is 5.26. The molecule has 6 nitrogen and oxygen atoms in total. The number of aromatic amines is 1. The van der Waals surface area contributed by atoms with Crippen molar-refractivity contribution in [3.05, 3.63) is 50.6 Å². The Hall–Kier alpha value is -1.89. The van der Waals surface area contributed by atoms with E-state index in [4.69, 9.17) is 0 Å². The minimum Gasteiger partial charge on any atom is -0.335 e. The van der Waals surface area contributed by atoms with E-state index in [0.717, 1.165) is 12.1 Å². The Morgan fingerprint density at radius 1 is 1.48 bits per heavy atom. The number of H-pyrrole nitrogens is 1. The number of rotatable bonds is 3. The van der Waals surface area contributed by atoms with Crippen LogP contribution in [0.1, 0.15) is 48.4 Å². The summed E-state index contributed by atoms with van der Waals surface area (Å²) in [4.78, 5) is 26.5. The molecule has 7 heteroatoms. The van der Waals surface area contributed by atoms with Gasteiger partial charge in [-0.2, -0.15) is 5.10 Å². The van der Waals surface area contributed by atoms with Gasteiger partial charge in [-0.25, -0.2) is 0 Å². The van der Waals surface area contributed by atoms with Gasteiger partial charge in [0.1, 0.15) is 5.69 Å². The zero-order valence-electron chi connectivity index (χ0n) is 13.1. The number of hydrogen-bond donors (Lipinski definition) is 1. The minimum absolute atomic E-state index is 0.00691. The van der Waals surface area contributed by atoms with Crippen LogP contribution in [0, 0.1) is 0 Å². The van der Waals surface area contributed by atoms with Crippen LogP contribution in [0.15, 0.2) is 33.7 Å². The van der Waals surface area contributed by atoms with E-state index in [9.17, 15) is 9.59 Å². The van der Waals surface area contributed by atoms with Crippen LogP contribution in [0.2, 0.25) is 0 Å². The van der Waals surface area contributed by atoms with Gasteiger partial charge in [-0.1, -0.05) is 13.8 Å². The van der Waals surface area contributed by atoms with E-state index >= 15 is 0 Å². The number of carbonyl (C=O) groups excluding carboxylic acids is 1. The summed E-state index contributed by atoms with van der Waals surface area (Å²) in [5.74, 6) is 0.217. The topological polar surface area (TPSA) is 71.0 Å². The SMILES string of the molecule is CC(C)c1cc(C(=O)N2CCC(n3cccc(Br)c3=O)C2)n[nH]1. The maximum Gasteiger partial charge on any atom is 0.274 e. The average molecular weight is 379 g/mol. The molecule has 1 amide bonds. The third kappa shape index (κ3) is 3.10. The maximum absolute atomic E-state index is 12.6. The summed E-state index contributed by atoms with van der Waals surface area (Å²) in [6, 6.07) is 5.38. The van der Waals surface area contributed by atoms with Crippen LogP contribution in [-0.4, -0.2) is 38.7 Å².